The van der Waals surface area contributed by atoms with Crippen LogP contribution in [0.5, 0.6) is 0 Å². The van der Waals surface area contributed by atoms with Crippen molar-refractivity contribution in [1.29, 1.82) is 0 Å². The second-order valence-corrected chi connectivity index (χ2v) is 3.29. The van der Waals surface area contributed by atoms with E-state index in [0.29, 0.717) is 6.10 Å². The number of ether oxygens (including phenoxy) is 1. The Morgan fingerprint density at radius 1 is 1.70 bits per heavy atom. The van der Waals surface area contributed by atoms with Crippen LogP contribution in [0.2, 0.25) is 0 Å². The maximum Gasteiger partial charge on any atom is 0.0814 e. The van der Waals surface area contributed by atoms with Gasteiger partial charge in [-0.1, -0.05) is 6.92 Å². The van der Waals surface area contributed by atoms with E-state index < -0.39 is 0 Å². The highest BCUT2D eigenvalue weighted by molar-refractivity contribution is 7.09. The van der Waals surface area contributed by atoms with Crippen LogP contribution < -0.4 is 0 Å². The smallest absolute Gasteiger partial charge is 0.0814 e. The van der Waals surface area contributed by atoms with Crippen molar-refractivity contribution in [3.05, 3.63) is 0 Å². The quantitative estimate of drug-likeness (QED) is 0.574. The summed E-state index contributed by atoms with van der Waals surface area (Å²) >= 11 is 0. The number of rotatable bonds is 2. The minimum atomic E-state index is 0.334. The topological polar surface area (TPSA) is 18.5 Å². The molecule has 0 radical (unpaired) electrons. The third kappa shape index (κ3) is 2.53. The SMILES string of the molecule is C[C@@H]1CCO[C@H](COP)C1. The summed E-state index contributed by atoms with van der Waals surface area (Å²) in [5, 5.41) is 0. The average molecular weight is 162 g/mol. The number of hydrogen-bond acceptors (Lipinski definition) is 2. The minimum Gasteiger partial charge on any atom is -0.376 e. The third-order valence-corrected chi connectivity index (χ3v) is 2.10. The molecule has 1 unspecified atom stereocenters. The van der Waals surface area contributed by atoms with Crippen LogP contribution >= 0.6 is 9.47 Å². The van der Waals surface area contributed by atoms with Crippen LogP contribution in [0.4, 0.5) is 0 Å². The predicted molar refractivity (Wildman–Crippen MR) is 43.8 cm³/mol. The Balaban J connectivity index is 2.18. The molecule has 0 bridgehead atoms. The molecule has 1 saturated heterocycles. The Morgan fingerprint density at radius 3 is 3.10 bits per heavy atom. The van der Waals surface area contributed by atoms with Crippen LogP contribution in [-0.2, 0) is 9.26 Å². The zero-order valence-corrected chi connectivity index (χ0v) is 7.53. The molecule has 0 saturated carbocycles. The molecular formula is C7H15O2P. The van der Waals surface area contributed by atoms with Crippen molar-refractivity contribution in [1.82, 2.24) is 0 Å². The molecule has 3 atom stereocenters. The highest BCUT2D eigenvalue weighted by Gasteiger charge is 2.18. The van der Waals surface area contributed by atoms with Gasteiger partial charge in [0.05, 0.1) is 12.7 Å². The van der Waals surface area contributed by atoms with Crippen LogP contribution in [0.25, 0.3) is 0 Å². The monoisotopic (exact) mass is 162 g/mol. The van der Waals surface area contributed by atoms with Gasteiger partial charge >= 0.3 is 0 Å². The minimum absolute atomic E-state index is 0.334. The van der Waals surface area contributed by atoms with Crippen molar-refractivity contribution in [2.24, 2.45) is 5.92 Å². The molecule has 0 aromatic carbocycles. The molecule has 1 aliphatic heterocycles. The lowest BCUT2D eigenvalue weighted by atomic mass is 9.98. The Labute approximate surface area is 64.6 Å². The van der Waals surface area contributed by atoms with Gasteiger partial charge in [-0.15, -0.1) is 0 Å². The standard InChI is InChI=1S/C7H15O2P/c1-6-2-3-8-7(4-6)5-9-10/h6-7H,2-5,10H2,1H3/t6-,7+/m1/s1. The van der Waals surface area contributed by atoms with Gasteiger partial charge in [-0.05, 0) is 18.8 Å². The normalized spacial score (nSPS) is 34.2. The Kier molecular flexibility index (Phi) is 3.61. The van der Waals surface area contributed by atoms with Crippen molar-refractivity contribution in [3.63, 3.8) is 0 Å². The summed E-state index contributed by atoms with van der Waals surface area (Å²) in [6.07, 6.45) is 2.68. The third-order valence-electron chi connectivity index (χ3n) is 1.91. The lowest BCUT2D eigenvalue weighted by Crippen LogP contribution is -2.27. The maximum absolute atomic E-state index is 5.45. The first kappa shape index (κ1) is 8.45. The van der Waals surface area contributed by atoms with Crippen molar-refractivity contribution >= 4 is 9.47 Å². The van der Waals surface area contributed by atoms with Gasteiger partial charge < -0.3 is 9.26 Å². The van der Waals surface area contributed by atoms with Crippen molar-refractivity contribution in [2.45, 2.75) is 25.9 Å². The second kappa shape index (κ2) is 4.27. The summed E-state index contributed by atoms with van der Waals surface area (Å²) in [5.41, 5.74) is 0. The molecular weight excluding hydrogens is 147 g/mol. The molecule has 1 heterocycles. The van der Waals surface area contributed by atoms with E-state index in [-0.39, 0.29) is 0 Å². The van der Waals surface area contributed by atoms with E-state index in [1.165, 1.54) is 6.42 Å². The van der Waals surface area contributed by atoms with Gasteiger partial charge in [-0.2, -0.15) is 0 Å². The first-order chi connectivity index (χ1) is 4.83. The summed E-state index contributed by atoms with van der Waals surface area (Å²) in [4.78, 5) is 0. The molecule has 2 nitrogen and oxygen atoms in total. The molecule has 0 amide bonds. The molecule has 1 rings (SSSR count). The Morgan fingerprint density at radius 2 is 2.50 bits per heavy atom. The van der Waals surface area contributed by atoms with E-state index in [1.54, 1.807) is 0 Å². The first-order valence-corrected chi connectivity index (χ1v) is 4.23. The second-order valence-electron chi connectivity index (χ2n) is 2.96. The van der Waals surface area contributed by atoms with Gasteiger partial charge in [0, 0.05) is 16.1 Å². The molecule has 60 valence electrons. The van der Waals surface area contributed by atoms with Gasteiger partial charge in [0.25, 0.3) is 0 Å². The van der Waals surface area contributed by atoms with Crippen LogP contribution in [-0.4, -0.2) is 19.3 Å². The highest BCUT2D eigenvalue weighted by atomic mass is 31.0. The Bertz CT molecular complexity index is 95.6. The van der Waals surface area contributed by atoms with Gasteiger partial charge in [0.2, 0.25) is 0 Å². The first-order valence-electron chi connectivity index (χ1n) is 3.76. The Hall–Kier alpha value is 0.350. The molecule has 0 aliphatic carbocycles. The maximum atomic E-state index is 5.45. The molecule has 1 aliphatic rings. The van der Waals surface area contributed by atoms with Gasteiger partial charge in [0.1, 0.15) is 0 Å². The van der Waals surface area contributed by atoms with E-state index in [1.807, 2.05) is 0 Å². The van der Waals surface area contributed by atoms with E-state index in [9.17, 15) is 0 Å². The fourth-order valence-electron chi connectivity index (χ4n) is 1.29. The van der Waals surface area contributed by atoms with E-state index in [0.717, 1.165) is 25.6 Å². The van der Waals surface area contributed by atoms with Crippen molar-refractivity contribution < 1.29 is 9.26 Å². The fraction of sp³-hybridized carbons (Fsp3) is 1.00. The summed E-state index contributed by atoms with van der Waals surface area (Å²) in [6.45, 7) is 3.88. The summed E-state index contributed by atoms with van der Waals surface area (Å²) < 4.78 is 10.4. The zero-order valence-electron chi connectivity index (χ0n) is 6.38. The molecule has 3 heteroatoms. The summed E-state index contributed by atoms with van der Waals surface area (Å²) in [6, 6.07) is 0. The van der Waals surface area contributed by atoms with E-state index >= 15 is 0 Å². The molecule has 0 spiro atoms. The van der Waals surface area contributed by atoms with Crippen LogP contribution in [0, 0.1) is 5.92 Å². The van der Waals surface area contributed by atoms with Gasteiger partial charge in [-0.3, -0.25) is 0 Å². The largest absolute Gasteiger partial charge is 0.376 e. The number of hydrogen-bond donors (Lipinski definition) is 0. The van der Waals surface area contributed by atoms with Crippen molar-refractivity contribution in [2.75, 3.05) is 13.2 Å². The van der Waals surface area contributed by atoms with Gasteiger partial charge in [0.15, 0.2) is 0 Å². The van der Waals surface area contributed by atoms with E-state index in [4.69, 9.17) is 9.26 Å². The van der Waals surface area contributed by atoms with Gasteiger partial charge in [-0.25, -0.2) is 0 Å². The fourth-order valence-corrected chi connectivity index (χ4v) is 1.51. The average Bonchev–Trinajstić information content (AvgIpc) is 1.88. The predicted octanol–water partition coefficient (Wildman–Crippen LogP) is 1.61. The van der Waals surface area contributed by atoms with Crippen LogP contribution in [0.1, 0.15) is 19.8 Å². The molecule has 0 aromatic heterocycles. The molecule has 0 aromatic rings. The summed E-state index contributed by atoms with van der Waals surface area (Å²) in [7, 11) is 2.26. The van der Waals surface area contributed by atoms with E-state index in [2.05, 4.69) is 16.4 Å². The lowest BCUT2D eigenvalue weighted by Gasteiger charge is -2.26. The molecule has 1 fully saturated rings. The summed E-state index contributed by atoms with van der Waals surface area (Å²) in [5.74, 6) is 0.805. The van der Waals surface area contributed by atoms with Crippen LogP contribution in [0.3, 0.4) is 0 Å². The van der Waals surface area contributed by atoms with Crippen molar-refractivity contribution in [3.8, 4) is 0 Å². The zero-order chi connectivity index (χ0) is 7.40. The highest BCUT2D eigenvalue weighted by Crippen LogP contribution is 2.19. The molecule has 0 N–H and O–H groups in total. The lowest BCUT2D eigenvalue weighted by molar-refractivity contribution is -0.0256. The van der Waals surface area contributed by atoms with Crippen LogP contribution in [0.15, 0.2) is 0 Å². The molecule has 10 heavy (non-hydrogen) atoms.